The number of nitrogens with two attached hydrogens (primary N) is 1. The second-order valence-corrected chi connectivity index (χ2v) is 3.63. The fourth-order valence-electron chi connectivity index (χ4n) is 0.933. The summed E-state index contributed by atoms with van der Waals surface area (Å²) in [5.41, 5.74) is 5.08. The lowest BCUT2D eigenvalue weighted by Gasteiger charge is -2.15. The molecule has 13 heavy (non-hydrogen) atoms. The molecule has 4 nitrogen and oxygen atoms in total. The van der Waals surface area contributed by atoms with Gasteiger partial charge in [0.1, 0.15) is 6.04 Å². The number of hydrogen-bond donors (Lipinski definition) is 2. The van der Waals surface area contributed by atoms with Gasteiger partial charge in [0.15, 0.2) is 0 Å². The van der Waals surface area contributed by atoms with Crippen molar-refractivity contribution in [2.75, 3.05) is 6.54 Å². The zero-order chi connectivity index (χ0) is 10.4. The lowest BCUT2D eigenvalue weighted by Crippen LogP contribution is -2.42. The molecule has 1 atom stereocenters. The molecule has 76 valence electrons. The van der Waals surface area contributed by atoms with Crippen molar-refractivity contribution in [2.24, 2.45) is 11.7 Å². The average Bonchev–Trinajstić information content (AvgIpc) is 2.02. The van der Waals surface area contributed by atoms with Crippen LogP contribution < -0.4 is 11.1 Å². The number of carbonyl (C=O) groups excluding carboxylic acids is 2. The Bertz CT molecular complexity index is 195. The van der Waals surface area contributed by atoms with Crippen LogP contribution in [0.25, 0.3) is 0 Å². The van der Waals surface area contributed by atoms with E-state index in [0.29, 0.717) is 12.3 Å². The molecule has 3 N–H and O–H groups in total. The van der Waals surface area contributed by atoms with E-state index in [1.807, 2.05) is 13.8 Å². The lowest BCUT2D eigenvalue weighted by atomic mass is 10.0. The summed E-state index contributed by atoms with van der Waals surface area (Å²) in [6, 6.07) is -0.613. The summed E-state index contributed by atoms with van der Waals surface area (Å²) in [7, 11) is 0. The van der Waals surface area contributed by atoms with Crippen LogP contribution in [0.3, 0.4) is 0 Å². The van der Waals surface area contributed by atoms with Crippen LogP contribution in [-0.4, -0.2) is 23.7 Å². The molecule has 0 bridgehead atoms. The summed E-state index contributed by atoms with van der Waals surface area (Å²) in [6.07, 6.45) is 0.536. The Kier molecular flexibility index (Phi) is 5.66. The van der Waals surface area contributed by atoms with Gasteiger partial charge in [0.05, 0.1) is 6.54 Å². The zero-order valence-electron chi connectivity index (χ0n) is 7.84. The first-order valence-electron chi connectivity index (χ1n) is 4.16. The minimum absolute atomic E-state index is 0.126. The second-order valence-electron chi connectivity index (χ2n) is 3.26. The van der Waals surface area contributed by atoms with Gasteiger partial charge in [-0.1, -0.05) is 13.8 Å². The van der Waals surface area contributed by atoms with Gasteiger partial charge in [-0.15, -0.1) is 0 Å². The zero-order valence-corrected chi connectivity index (χ0v) is 8.60. The lowest BCUT2D eigenvalue weighted by molar-refractivity contribution is -0.124. The smallest absolute Gasteiger partial charge is 0.244 e. The van der Waals surface area contributed by atoms with Gasteiger partial charge in [-0.25, -0.2) is 0 Å². The van der Waals surface area contributed by atoms with Crippen LogP contribution in [0.2, 0.25) is 0 Å². The van der Waals surface area contributed by atoms with E-state index >= 15 is 0 Å². The molecule has 0 spiro atoms. The molecule has 1 unspecified atom stereocenters. The largest absolute Gasteiger partial charge is 0.344 e. The predicted molar refractivity (Wildman–Crippen MR) is 51.3 cm³/mol. The van der Waals surface area contributed by atoms with Crippen molar-refractivity contribution in [2.45, 2.75) is 26.3 Å². The van der Waals surface area contributed by atoms with E-state index in [9.17, 15) is 9.59 Å². The topological polar surface area (TPSA) is 72.2 Å². The van der Waals surface area contributed by atoms with Gasteiger partial charge >= 0.3 is 0 Å². The van der Waals surface area contributed by atoms with Crippen LogP contribution in [0, 0.1) is 5.92 Å². The Labute approximate surface area is 82.8 Å². The molecule has 0 saturated heterocycles. The Morgan fingerprint density at radius 2 is 2.00 bits per heavy atom. The van der Waals surface area contributed by atoms with Crippen molar-refractivity contribution in [3.63, 3.8) is 0 Å². The molecular weight excluding hydrogens is 192 g/mol. The molecule has 0 aromatic rings. The molecular formula is C8H15ClN2O2. The molecule has 0 aliphatic rings. The number of halogens is 1. The maximum Gasteiger partial charge on any atom is 0.244 e. The number of nitrogens with one attached hydrogen (secondary N) is 1. The fourth-order valence-corrected chi connectivity index (χ4v) is 1.08. The minimum atomic E-state index is -0.613. The summed E-state index contributed by atoms with van der Waals surface area (Å²) >= 11 is 5.29. The average molecular weight is 207 g/mol. The van der Waals surface area contributed by atoms with Crippen molar-refractivity contribution >= 4 is 22.8 Å². The highest BCUT2D eigenvalue weighted by atomic mass is 35.5. The van der Waals surface area contributed by atoms with E-state index in [2.05, 4.69) is 5.32 Å². The minimum Gasteiger partial charge on any atom is -0.344 e. The second kappa shape index (κ2) is 5.94. The van der Waals surface area contributed by atoms with Crippen molar-refractivity contribution in [1.29, 1.82) is 0 Å². The van der Waals surface area contributed by atoms with Crippen molar-refractivity contribution in [3.8, 4) is 0 Å². The van der Waals surface area contributed by atoms with Gasteiger partial charge in [-0.2, -0.15) is 0 Å². The van der Waals surface area contributed by atoms with Crippen LogP contribution in [-0.2, 0) is 9.59 Å². The summed E-state index contributed by atoms with van der Waals surface area (Å²) in [5, 5.41) is 1.91. The molecule has 0 aromatic carbocycles. The first kappa shape index (κ1) is 12.4. The third-order valence-electron chi connectivity index (χ3n) is 1.50. The third-order valence-corrected chi connectivity index (χ3v) is 1.77. The van der Waals surface area contributed by atoms with Crippen LogP contribution in [0.1, 0.15) is 20.3 Å². The van der Waals surface area contributed by atoms with Gasteiger partial charge in [0.25, 0.3) is 0 Å². The highest BCUT2D eigenvalue weighted by Crippen LogP contribution is 2.07. The van der Waals surface area contributed by atoms with Gasteiger partial charge in [-0.3, -0.25) is 9.59 Å². The Balaban J connectivity index is 4.10. The molecule has 0 saturated carbocycles. The molecule has 0 heterocycles. The van der Waals surface area contributed by atoms with Crippen LogP contribution in [0.15, 0.2) is 0 Å². The maximum atomic E-state index is 10.9. The molecule has 0 radical (unpaired) electrons. The highest BCUT2D eigenvalue weighted by Gasteiger charge is 2.18. The van der Waals surface area contributed by atoms with Gasteiger partial charge in [0, 0.05) is 0 Å². The number of rotatable bonds is 5. The monoisotopic (exact) mass is 206 g/mol. The SMILES string of the molecule is CC(C)CC(NC(=O)CN)C(=O)Cl. The van der Waals surface area contributed by atoms with E-state index in [1.54, 1.807) is 0 Å². The molecule has 0 aliphatic carbocycles. The molecule has 0 rings (SSSR count). The summed E-state index contributed by atoms with van der Waals surface area (Å²) in [4.78, 5) is 21.7. The van der Waals surface area contributed by atoms with Crippen molar-refractivity contribution < 1.29 is 9.59 Å². The van der Waals surface area contributed by atoms with Crippen LogP contribution in [0.5, 0.6) is 0 Å². The number of hydrogen-bond acceptors (Lipinski definition) is 3. The molecule has 1 amide bonds. The van der Waals surface area contributed by atoms with Crippen molar-refractivity contribution in [1.82, 2.24) is 5.32 Å². The fraction of sp³-hybridized carbons (Fsp3) is 0.750. The summed E-state index contributed by atoms with van der Waals surface area (Å²) < 4.78 is 0. The van der Waals surface area contributed by atoms with Crippen molar-refractivity contribution in [3.05, 3.63) is 0 Å². The summed E-state index contributed by atoms with van der Waals surface area (Å²) in [5.74, 6) is -0.0644. The molecule has 0 fully saturated rings. The van der Waals surface area contributed by atoms with Gasteiger partial charge in [-0.05, 0) is 23.9 Å². The van der Waals surface area contributed by atoms with Gasteiger partial charge in [0.2, 0.25) is 11.1 Å². The molecule has 0 aliphatic heterocycles. The Morgan fingerprint density at radius 3 is 2.31 bits per heavy atom. The summed E-state index contributed by atoms with van der Waals surface area (Å²) in [6.45, 7) is 3.77. The van der Waals surface area contributed by atoms with E-state index in [1.165, 1.54) is 0 Å². The van der Waals surface area contributed by atoms with E-state index in [0.717, 1.165) is 0 Å². The Hall–Kier alpha value is -0.610. The number of amides is 1. The molecule has 0 aromatic heterocycles. The molecule has 5 heteroatoms. The first-order valence-corrected chi connectivity index (χ1v) is 4.54. The van der Waals surface area contributed by atoms with E-state index < -0.39 is 11.3 Å². The predicted octanol–water partition coefficient (Wildman–Crippen LogP) is 0.241. The normalized spacial score (nSPS) is 12.7. The third kappa shape index (κ3) is 5.60. The maximum absolute atomic E-state index is 10.9. The Morgan fingerprint density at radius 1 is 1.46 bits per heavy atom. The van der Waals surface area contributed by atoms with E-state index in [4.69, 9.17) is 17.3 Å². The van der Waals surface area contributed by atoms with Crippen LogP contribution >= 0.6 is 11.6 Å². The van der Waals surface area contributed by atoms with Crippen LogP contribution in [0.4, 0.5) is 0 Å². The van der Waals surface area contributed by atoms with Gasteiger partial charge < -0.3 is 11.1 Å². The highest BCUT2D eigenvalue weighted by molar-refractivity contribution is 6.64. The first-order chi connectivity index (χ1) is 5.97. The number of carbonyl (C=O) groups is 2. The quantitative estimate of drug-likeness (QED) is 0.633. The van der Waals surface area contributed by atoms with E-state index in [-0.39, 0.29) is 12.5 Å². The standard InChI is InChI=1S/C8H15ClN2O2/c1-5(2)3-6(8(9)13)11-7(12)4-10/h5-6H,3-4,10H2,1-2H3,(H,11,12).